The summed E-state index contributed by atoms with van der Waals surface area (Å²) in [6.45, 7) is 1.79. The van der Waals surface area contributed by atoms with Crippen LogP contribution in [0.4, 0.5) is 19.0 Å². The quantitative estimate of drug-likeness (QED) is 0.621. The van der Waals surface area contributed by atoms with E-state index in [2.05, 4.69) is 20.6 Å². The fraction of sp³-hybridized carbons (Fsp3) is 0.368. The normalized spacial score (nSPS) is 17.3. The van der Waals surface area contributed by atoms with Crippen LogP contribution < -0.4 is 15.5 Å². The Morgan fingerprint density at radius 2 is 2.04 bits per heavy atom. The molecule has 0 bridgehead atoms. The van der Waals surface area contributed by atoms with E-state index in [0.29, 0.717) is 43.4 Å². The molecule has 1 aliphatic rings. The van der Waals surface area contributed by atoms with Crippen LogP contribution in [-0.4, -0.2) is 43.7 Å². The van der Waals surface area contributed by atoms with Crippen LogP contribution in [-0.2, 0) is 6.42 Å². The van der Waals surface area contributed by atoms with Gasteiger partial charge in [0.25, 0.3) is 0 Å². The second-order valence-electron chi connectivity index (χ2n) is 6.41. The predicted octanol–water partition coefficient (Wildman–Crippen LogP) is 2.49. The number of nitrogens with zero attached hydrogens (tertiary/aromatic N) is 3. The first-order valence-corrected chi connectivity index (χ1v) is 8.83. The maximum absolute atomic E-state index is 13.9. The van der Waals surface area contributed by atoms with Gasteiger partial charge in [0.2, 0.25) is 0 Å². The minimum absolute atomic E-state index is 0.101. The van der Waals surface area contributed by atoms with Crippen molar-refractivity contribution < 1.29 is 13.2 Å². The number of hydrogen-bond donors (Lipinski definition) is 2. The average molecular weight is 377 g/mol. The van der Waals surface area contributed by atoms with Gasteiger partial charge in [0.1, 0.15) is 11.6 Å². The van der Waals surface area contributed by atoms with Crippen molar-refractivity contribution in [2.24, 2.45) is 4.99 Å². The number of nitrogens with one attached hydrogen (secondary N) is 2. The number of rotatable bonds is 5. The van der Waals surface area contributed by atoms with Crippen molar-refractivity contribution in [3.8, 4) is 0 Å². The monoisotopic (exact) mass is 377 g/mol. The van der Waals surface area contributed by atoms with E-state index in [1.54, 1.807) is 19.3 Å². The molecule has 27 heavy (non-hydrogen) atoms. The van der Waals surface area contributed by atoms with Gasteiger partial charge in [0.15, 0.2) is 17.6 Å². The first-order valence-electron chi connectivity index (χ1n) is 8.83. The molecule has 2 aromatic rings. The molecule has 0 saturated carbocycles. The van der Waals surface area contributed by atoms with Gasteiger partial charge in [0, 0.05) is 45.0 Å². The molecule has 1 atom stereocenters. The maximum Gasteiger partial charge on any atom is 0.191 e. The SMILES string of the molecule is CN=C(NCCc1cc(F)cc(F)c1)NC1CCN(c2ncccc2F)C1. The predicted molar refractivity (Wildman–Crippen MR) is 99.4 cm³/mol. The summed E-state index contributed by atoms with van der Waals surface area (Å²) >= 11 is 0. The fourth-order valence-corrected chi connectivity index (χ4v) is 3.15. The molecule has 3 rings (SSSR count). The number of pyridine rings is 1. The van der Waals surface area contributed by atoms with E-state index < -0.39 is 11.6 Å². The molecule has 0 spiro atoms. The van der Waals surface area contributed by atoms with Crippen molar-refractivity contribution in [2.45, 2.75) is 18.9 Å². The van der Waals surface area contributed by atoms with E-state index in [1.165, 1.54) is 18.2 Å². The third kappa shape index (κ3) is 5.12. The van der Waals surface area contributed by atoms with Crippen LogP contribution in [0.3, 0.4) is 0 Å². The fourth-order valence-electron chi connectivity index (χ4n) is 3.15. The van der Waals surface area contributed by atoms with Crippen LogP contribution in [0.25, 0.3) is 0 Å². The van der Waals surface area contributed by atoms with Crippen LogP contribution in [0.15, 0.2) is 41.5 Å². The Kier molecular flexibility index (Phi) is 6.16. The second kappa shape index (κ2) is 8.75. The Hall–Kier alpha value is -2.77. The lowest BCUT2D eigenvalue weighted by Gasteiger charge is -2.20. The summed E-state index contributed by atoms with van der Waals surface area (Å²) < 4.78 is 40.3. The third-order valence-corrected chi connectivity index (χ3v) is 4.42. The van der Waals surface area contributed by atoms with Gasteiger partial charge in [0.05, 0.1) is 0 Å². The summed E-state index contributed by atoms with van der Waals surface area (Å²) in [5.74, 6) is -0.540. The lowest BCUT2D eigenvalue weighted by Crippen LogP contribution is -2.45. The van der Waals surface area contributed by atoms with Gasteiger partial charge in [-0.25, -0.2) is 18.2 Å². The van der Waals surface area contributed by atoms with Gasteiger partial charge in [-0.2, -0.15) is 0 Å². The molecule has 1 aromatic heterocycles. The number of aliphatic imine (C=N–C) groups is 1. The summed E-state index contributed by atoms with van der Waals surface area (Å²) in [5, 5.41) is 6.43. The van der Waals surface area contributed by atoms with E-state index in [4.69, 9.17) is 0 Å². The number of halogens is 3. The number of hydrogen-bond acceptors (Lipinski definition) is 3. The van der Waals surface area contributed by atoms with E-state index >= 15 is 0 Å². The van der Waals surface area contributed by atoms with Crippen molar-refractivity contribution in [2.75, 3.05) is 31.6 Å². The third-order valence-electron chi connectivity index (χ3n) is 4.42. The van der Waals surface area contributed by atoms with Crippen LogP contribution in [0.1, 0.15) is 12.0 Å². The molecule has 2 heterocycles. The van der Waals surface area contributed by atoms with Gasteiger partial charge in [-0.15, -0.1) is 0 Å². The van der Waals surface area contributed by atoms with Gasteiger partial charge in [-0.3, -0.25) is 4.99 Å². The lowest BCUT2D eigenvalue weighted by molar-refractivity contribution is 0.579. The van der Waals surface area contributed by atoms with Crippen molar-refractivity contribution >= 4 is 11.8 Å². The summed E-state index contributed by atoms with van der Waals surface area (Å²) in [7, 11) is 1.66. The zero-order valence-electron chi connectivity index (χ0n) is 15.1. The van der Waals surface area contributed by atoms with Crippen LogP contribution in [0, 0.1) is 17.5 Å². The molecule has 1 aliphatic heterocycles. The smallest absolute Gasteiger partial charge is 0.191 e. The summed E-state index contributed by atoms with van der Waals surface area (Å²) in [4.78, 5) is 10.2. The molecule has 1 fully saturated rings. The highest BCUT2D eigenvalue weighted by atomic mass is 19.1. The molecule has 5 nitrogen and oxygen atoms in total. The zero-order valence-corrected chi connectivity index (χ0v) is 15.1. The highest BCUT2D eigenvalue weighted by Gasteiger charge is 2.25. The van der Waals surface area contributed by atoms with E-state index in [1.807, 2.05) is 4.90 Å². The zero-order chi connectivity index (χ0) is 19.2. The molecule has 1 aromatic carbocycles. The molecule has 0 aliphatic carbocycles. The van der Waals surface area contributed by atoms with Crippen molar-refractivity contribution in [3.63, 3.8) is 0 Å². The summed E-state index contributed by atoms with van der Waals surface area (Å²) in [6, 6.07) is 6.56. The van der Waals surface area contributed by atoms with Crippen LogP contribution in [0.5, 0.6) is 0 Å². The number of aromatic nitrogens is 1. The largest absolute Gasteiger partial charge is 0.356 e. The topological polar surface area (TPSA) is 52.6 Å². The molecule has 1 saturated heterocycles. The number of anilines is 1. The Morgan fingerprint density at radius 3 is 2.74 bits per heavy atom. The first-order chi connectivity index (χ1) is 13.0. The van der Waals surface area contributed by atoms with Crippen LogP contribution >= 0.6 is 0 Å². The highest BCUT2D eigenvalue weighted by molar-refractivity contribution is 5.80. The molecular formula is C19H22F3N5. The Labute approximate surface area is 156 Å². The Bertz CT molecular complexity index is 791. The molecular weight excluding hydrogens is 355 g/mol. The van der Waals surface area contributed by atoms with E-state index in [0.717, 1.165) is 12.5 Å². The minimum atomic E-state index is -0.583. The van der Waals surface area contributed by atoms with E-state index in [9.17, 15) is 13.2 Å². The molecule has 144 valence electrons. The molecule has 1 unspecified atom stereocenters. The van der Waals surface area contributed by atoms with Gasteiger partial charge in [-0.05, 0) is 42.7 Å². The standard InChI is InChI=1S/C19H22F3N5/c1-23-19(25-7-4-13-9-14(20)11-15(21)10-13)26-16-5-8-27(12-16)18-17(22)3-2-6-24-18/h2-3,6,9-11,16H,4-5,7-8,12H2,1H3,(H2,23,25,26). The van der Waals surface area contributed by atoms with Crippen molar-refractivity contribution in [3.05, 3.63) is 59.5 Å². The molecule has 0 amide bonds. The molecule has 0 radical (unpaired) electrons. The number of benzene rings is 1. The molecule has 8 heteroatoms. The number of guanidine groups is 1. The average Bonchev–Trinajstić information content (AvgIpc) is 3.08. The Morgan fingerprint density at radius 1 is 1.26 bits per heavy atom. The summed E-state index contributed by atoms with van der Waals surface area (Å²) in [6.07, 6.45) is 2.87. The second-order valence-corrected chi connectivity index (χ2v) is 6.41. The first kappa shape index (κ1) is 19.0. The lowest BCUT2D eigenvalue weighted by atomic mass is 10.1. The van der Waals surface area contributed by atoms with Gasteiger partial charge < -0.3 is 15.5 Å². The van der Waals surface area contributed by atoms with E-state index in [-0.39, 0.29) is 11.9 Å². The molecule has 2 N–H and O–H groups in total. The maximum atomic E-state index is 13.9. The van der Waals surface area contributed by atoms with Gasteiger partial charge in [-0.1, -0.05) is 0 Å². The minimum Gasteiger partial charge on any atom is -0.356 e. The van der Waals surface area contributed by atoms with Crippen LogP contribution in [0.2, 0.25) is 0 Å². The Balaban J connectivity index is 1.49. The highest BCUT2D eigenvalue weighted by Crippen LogP contribution is 2.20. The van der Waals surface area contributed by atoms with Gasteiger partial charge >= 0.3 is 0 Å². The van der Waals surface area contributed by atoms with Crippen molar-refractivity contribution in [1.82, 2.24) is 15.6 Å². The summed E-state index contributed by atoms with van der Waals surface area (Å²) in [5.41, 5.74) is 0.577. The van der Waals surface area contributed by atoms with Crippen molar-refractivity contribution in [1.29, 1.82) is 0 Å².